The lowest BCUT2D eigenvalue weighted by Crippen LogP contribution is -2.29. The van der Waals surface area contributed by atoms with E-state index in [1.165, 1.54) is 0 Å². The van der Waals surface area contributed by atoms with Gasteiger partial charge in [0.05, 0.1) is 11.4 Å². The van der Waals surface area contributed by atoms with Crippen LogP contribution in [0.1, 0.15) is 12.6 Å². The molecule has 112 valence electrons. The molecule has 2 rings (SSSR count). The molecule has 0 aromatic carbocycles. The Morgan fingerprint density at radius 1 is 1.57 bits per heavy atom. The fourth-order valence-corrected chi connectivity index (χ4v) is 2.01. The van der Waals surface area contributed by atoms with Crippen LogP contribution in [0.3, 0.4) is 0 Å². The fraction of sp³-hybridized carbons (Fsp3) is 0.267. The molecule has 0 saturated heterocycles. The van der Waals surface area contributed by atoms with Crippen molar-refractivity contribution in [1.82, 2.24) is 21.0 Å². The van der Waals surface area contributed by atoms with Crippen LogP contribution in [0.2, 0.25) is 0 Å². The highest BCUT2D eigenvalue weighted by Crippen LogP contribution is 2.17. The molecule has 0 spiro atoms. The standard InChI is InChI=1S/C15H22N6/c1-11(8-17-3)19-12(2)14-5-4-6-15(20-14)21-10-13(7-16)9-18-21/h4-6,8,10,17-19H,2,7,9,16H2,1,3H3/b11-8+. The second-order valence-corrected chi connectivity index (χ2v) is 4.80. The van der Waals surface area contributed by atoms with Gasteiger partial charge in [0.2, 0.25) is 0 Å². The molecule has 1 aromatic rings. The van der Waals surface area contributed by atoms with Crippen LogP contribution in [-0.2, 0) is 0 Å². The van der Waals surface area contributed by atoms with Gasteiger partial charge in [-0.1, -0.05) is 12.6 Å². The molecule has 1 aromatic heterocycles. The molecular formula is C15H22N6. The van der Waals surface area contributed by atoms with Crippen LogP contribution in [0.25, 0.3) is 5.70 Å². The maximum Gasteiger partial charge on any atom is 0.147 e. The first kappa shape index (κ1) is 15.1. The van der Waals surface area contributed by atoms with Crippen LogP contribution >= 0.6 is 0 Å². The first-order valence-corrected chi connectivity index (χ1v) is 6.84. The van der Waals surface area contributed by atoms with E-state index in [1.54, 1.807) is 0 Å². The van der Waals surface area contributed by atoms with Crippen LogP contribution in [0.4, 0.5) is 5.82 Å². The minimum Gasteiger partial charge on any atom is -0.393 e. The number of nitrogens with one attached hydrogen (secondary N) is 3. The number of rotatable bonds is 6. The summed E-state index contributed by atoms with van der Waals surface area (Å²) >= 11 is 0. The molecule has 0 amide bonds. The SMILES string of the molecule is C=C(N/C(C)=C/NC)c1cccc(N2C=C(CN)CN2)n1. The normalized spacial score (nSPS) is 14.9. The molecule has 0 radical (unpaired) electrons. The molecule has 2 heterocycles. The van der Waals surface area contributed by atoms with Crippen molar-refractivity contribution >= 4 is 11.5 Å². The molecule has 0 unspecified atom stereocenters. The molecule has 6 heteroatoms. The third kappa shape index (κ3) is 3.84. The number of hydrogen-bond donors (Lipinski definition) is 4. The number of pyridine rings is 1. The summed E-state index contributed by atoms with van der Waals surface area (Å²) in [6.45, 7) is 7.29. The largest absolute Gasteiger partial charge is 0.393 e. The first-order chi connectivity index (χ1) is 10.1. The predicted molar refractivity (Wildman–Crippen MR) is 86.8 cm³/mol. The number of nitrogens with two attached hydrogens (primary N) is 1. The predicted octanol–water partition coefficient (Wildman–Crippen LogP) is 0.890. The van der Waals surface area contributed by atoms with E-state index < -0.39 is 0 Å². The molecule has 1 aliphatic rings. The van der Waals surface area contributed by atoms with E-state index in [2.05, 4.69) is 27.6 Å². The zero-order valence-electron chi connectivity index (χ0n) is 12.5. The van der Waals surface area contributed by atoms with Crippen LogP contribution in [-0.4, -0.2) is 25.1 Å². The van der Waals surface area contributed by atoms with Crippen LogP contribution < -0.4 is 26.8 Å². The third-order valence-corrected chi connectivity index (χ3v) is 3.05. The van der Waals surface area contributed by atoms with E-state index in [4.69, 9.17) is 5.73 Å². The van der Waals surface area contributed by atoms with Gasteiger partial charge >= 0.3 is 0 Å². The lowest BCUT2D eigenvalue weighted by atomic mass is 10.2. The van der Waals surface area contributed by atoms with Crippen molar-refractivity contribution in [1.29, 1.82) is 0 Å². The first-order valence-electron chi connectivity index (χ1n) is 6.84. The van der Waals surface area contributed by atoms with E-state index in [0.29, 0.717) is 6.54 Å². The molecule has 6 nitrogen and oxygen atoms in total. The van der Waals surface area contributed by atoms with Crippen molar-refractivity contribution in [2.45, 2.75) is 6.92 Å². The van der Waals surface area contributed by atoms with Crippen molar-refractivity contribution < 1.29 is 0 Å². The van der Waals surface area contributed by atoms with Gasteiger partial charge < -0.3 is 16.4 Å². The van der Waals surface area contributed by atoms with Crippen molar-refractivity contribution in [2.75, 3.05) is 25.1 Å². The Balaban J connectivity index is 2.13. The molecule has 0 bridgehead atoms. The Morgan fingerprint density at radius 2 is 2.38 bits per heavy atom. The number of nitrogens with zero attached hydrogens (tertiary/aromatic N) is 2. The second kappa shape index (κ2) is 6.92. The topological polar surface area (TPSA) is 78.2 Å². The summed E-state index contributed by atoms with van der Waals surface area (Å²) in [6.07, 6.45) is 3.85. The maximum absolute atomic E-state index is 5.64. The van der Waals surface area contributed by atoms with Gasteiger partial charge in [-0.25, -0.2) is 10.4 Å². The van der Waals surface area contributed by atoms with Crippen molar-refractivity contribution in [3.63, 3.8) is 0 Å². The molecule has 0 aliphatic carbocycles. The summed E-state index contributed by atoms with van der Waals surface area (Å²) in [5, 5.41) is 8.05. The highest BCUT2D eigenvalue weighted by molar-refractivity contribution is 5.62. The summed E-state index contributed by atoms with van der Waals surface area (Å²) < 4.78 is 0. The minimum absolute atomic E-state index is 0.547. The van der Waals surface area contributed by atoms with E-state index in [1.807, 2.05) is 49.6 Å². The van der Waals surface area contributed by atoms with Crippen LogP contribution in [0.5, 0.6) is 0 Å². The number of anilines is 1. The average molecular weight is 286 g/mol. The molecule has 0 fully saturated rings. The number of aromatic nitrogens is 1. The summed E-state index contributed by atoms with van der Waals surface area (Å²) in [5.74, 6) is 0.814. The number of hydrogen-bond acceptors (Lipinski definition) is 6. The molecule has 1 aliphatic heterocycles. The third-order valence-electron chi connectivity index (χ3n) is 3.05. The zero-order valence-corrected chi connectivity index (χ0v) is 12.5. The van der Waals surface area contributed by atoms with Gasteiger partial charge in [-0.15, -0.1) is 0 Å². The van der Waals surface area contributed by atoms with E-state index in [-0.39, 0.29) is 0 Å². The molecule has 21 heavy (non-hydrogen) atoms. The van der Waals surface area contributed by atoms with Gasteiger partial charge in [-0.05, 0) is 24.6 Å². The highest BCUT2D eigenvalue weighted by atomic mass is 15.5. The van der Waals surface area contributed by atoms with Crippen molar-refractivity contribution in [3.05, 3.63) is 54.1 Å². The molecule has 0 saturated carbocycles. The summed E-state index contributed by atoms with van der Waals surface area (Å²) in [5.41, 5.74) is 12.5. The fourth-order valence-electron chi connectivity index (χ4n) is 2.01. The van der Waals surface area contributed by atoms with E-state index in [0.717, 1.165) is 35.0 Å². The van der Waals surface area contributed by atoms with Gasteiger partial charge in [-0.3, -0.25) is 5.01 Å². The average Bonchev–Trinajstić information content (AvgIpc) is 2.96. The Labute approximate surface area is 125 Å². The van der Waals surface area contributed by atoms with E-state index >= 15 is 0 Å². The Kier molecular flexibility index (Phi) is 4.97. The molecule has 0 atom stereocenters. The van der Waals surface area contributed by atoms with Gasteiger partial charge in [0.25, 0.3) is 0 Å². The summed E-state index contributed by atoms with van der Waals surface area (Å²) in [7, 11) is 1.85. The maximum atomic E-state index is 5.64. The monoisotopic (exact) mass is 286 g/mol. The smallest absolute Gasteiger partial charge is 0.147 e. The van der Waals surface area contributed by atoms with E-state index in [9.17, 15) is 0 Å². The molecule has 5 N–H and O–H groups in total. The Morgan fingerprint density at radius 3 is 3.05 bits per heavy atom. The lowest BCUT2D eigenvalue weighted by Gasteiger charge is -2.16. The highest BCUT2D eigenvalue weighted by Gasteiger charge is 2.14. The lowest BCUT2D eigenvalue weighted by molar-refractivity contribution is 0.786. The van der Waals surface area contributed by atoms with Crippen molar-refractivity contribution in [3.8, 4) is 0 Å². The van der Waals surface area contributed by atoms with Crippen LogP contribution in [0, 0.1) is 0 Å². The van der Waals surface area contributed by atoms with Gasteiger partial charge in [0.1, 0.15) is 5.82 Å². The summed E-state index contributed by atoms with van der Waals surface area (Å²) in [4.78, 5) is 4.60. The quantitative estimate of drug-likeness (QED) is 0.622. The van der Waals surface area contributed by atoms with Crippen LogP contribution in [0.15, 0.2) is 48.4 Å². The van der Waals surface area contributed by atoms with Gasteiger partial charge in [0.15, 0.2) is 0 Å². The zero-order chi connectivity index (χ0) is 15.2. The molecular weight excluding hydrogens is 264 g/mol. The van der Waals surface area contributed by atoms with Gasteiger partial charge in [-0.2, -0.15) is 0 Å². The van der Waals surface area contributed by atoms with Gasteiger partial charge in [0, 0.05) is 38.2 Å². The number of allylic oxidation sites excluding steroid dienone is 1. The Hall–Kier alpha value is -2.31. The second-order valence-electron chi connectivity index (χ2n) is 4.80. The van der Waals surface area contributed by atoms with Crippen molar-refractivity contribution in [2.24, 2.45) is 5.73 Å². The number of hydrazine groups is 1. The minimum atomic E-state index is 0.547. The Bertz CT molecular complexity index is 575. The summed E-state index contributed by atoms with van der Waals surface area (Å²) in [6, 6.07) is 5.82.